The van der Waals surface area contributed by atoms with Gasteiger partial charge in [0, 0.05) is 109 Å². The second-order valence-electron chi connectivity index (χ2n) is 21.2. The molecule has 0 fully saturated rings. The number of H-pyrrole nitrogens is 3. The number of nitrogens with one attached hydrogen (secondary N) is 6. The Balaban J connectivity index is 0.000000181. The molecule has 438 valence electrons. The molecule has 0 spiro atoms. The SMILES string of the molecule is COc1ccc(CNC(=O)/C=C/c2ccc3[nH]cc(CCN(C)C)c3c2)cc1.COc1ccc(CNC(=O)/C=C/c2ccc3[nH]cc(CCN(C)C)c3c2)cc1.COc1ccc(CNC(=O)/C=C/c2ccc3[nH]cc(CCN(C)C)c3c2)cc1. The number of carbonyl (C=O) groups is 3. The average molecular weight is 1130 g/mol. The van der Waals surface area contributed by atoms with E-state index in [1.165, 1.54) is 32.8 Å². The molecule has 0 saturated carbocycles. The van der Waals surface area contributed by atoms with Crippen LogP contribution in [0.25, 0.3) is 50.9 Å². The summed E-state index contributed by atoms with van der Waals surface area (Å²) in [6, 6.07) is 41.6. The first kappa shape index (κ1) is 62.5. The topological polar surface area (TPSA) is 172 Å². The normalized spacial score (nSPS) is 11.4. The summed E-state index contributed by atoms with van der Waals surface area (Å²) in [5.74, 6) is 2.08. The van der Waals surface area contributed by atoms with Gasteiger partial charge in [-0.25, -0.2) is 0 Å². The van der Waals surface area contributed by atoms with Crippen molar-refractivity contribution in [1.29, 1.82) is 0 Å². The van der Waals surface area contributed by atoms with Crippen LogP contribution < -0.4 is 30.2 Å². The average Bonchev–Trinajstić information content (AvgIpc) is 4.42. The molecule has 0 radical (unpaired) electrons. The summed E-state index contributed by atoms with van der Waals surface area (Å²) in [5.41, 5.74) is 13.4. The van der Waals surface area contributed by atoms with Crippen molar-refractivity contribution in [3.05, 3.63) is 214 Å². The molecule has 9 aromatic rings. The summed E-state index contributed by atoms with van der Waals surface area (Å²) in [6.45, 7) is 4.46. The molecular formula is C69H81N9O6. The summed E-state index contributed by atoms with van der Waals surface area (Å²) >= 11 is 0. The van der Waals surface area contributed by atoms with Crippen molar-refractivity contribution in [2.24, 2.45) is 0 Å². The maximum Gasteiger partial charge on any atom is 0.244 e. The molecule has 0 atom stereocenters. The van der Waals surface area contributed by atoms with Crippen molar-refractivity contribution in [2.45, 2.75) is 38.9 Å². The largest absolute Gasteiger partial charge is 0.497 e. The maximum atomic E-state index is 12.1. The molecule has 0 bridgehead atoms. The Morgan fingerprint density at radius 1 is 0.393 bits per heavy atom. The standard InChI is InChI=1S/3C23H27N3O2/c3*1-26(2)13-12-19-16-24-22-10-6-17(14-21(19)22)7-11-23(27)25-15-18-4-8-20(28-3)9-5-18/h3*4-11,14,16,24H,12-13,15H2,1-3H3,(H,25,27)/b3*11-7+. The van der Waals surface area contributed by atoms with Gasteiger partial charge < -0.3 is 59.8 Å². The minimum Gasteiger partial charge on any atom is -0.497 e. The number of amides is 3. The fourth-order valence-electron chi connectivity index (χ4n) is 9.04. The summed E-state index contributed by atoms with van der Waals surface area (Å²) in [5, 5.41) is 12.3. The number of nitrogens with zero attached hydrogens (tertiary/aromatic N) is 3. The molecule has 0 aliphatic rings. The van der Waals surface area contributed by atoms with Crippen LogP contribution in [0.3, 0.4) is 0 Å². The van der Waals surface area contributed by atoms with Crippen LogP contribution in [0.4, 0.5) is 0 Å². The third kappa shape index (κ3) is 19.8. The molecule has 15 heteroatoms. The molecular weight excluding hydrogens is 1050 g/mol. The molecule has 6 N–H and O–H groups in total. The van der Waals surface area contributed by atoms with Crippen molar-refractivity contribution in [1.82, 2.24) is 45.6 Å². The van der Waals surface area contributed by atoms with E-state index in [4.69, 9.17) is 14.2 Å². The Morgan fingerprint density at radius 3 is 0.893 bits per heavy atom. The zero-order chi connectivity index (χ0) is 59.8. The number of aromatic nitrogens is 3. The predicted molar refractivity (Wildman–Crippen MR) is 343 cm³/mol. The molecule has 0 unspecified atom stereocenters. The molecule has 6 aromatic carbocycles. The third-order valence-corrected chi connectivity index (χ3v) is 14.0. The van der Waals surface area contributed by atoms with Crippen molar-refractivity contribution in [3.63, 3.8) is 0 Å². The van der Waals surface area contributed by atoms with E-state index < -0.39 is 0 Å². The van der Waals surface area contributed by atoms with Crippen LogP contribution in [0.5, 0.6) is 17.2 Å². The third-order valence-electron chi connectivity index (χ3n) is 14.0. The van der Waals surface area contributed by atoms with E-state index in [-0.39, 0.29) is 17.7 Å². The van der Waals surface area contributed by atoms with Crippen molar-refractivity contribution >= 4 is 68.7 Å². The number of likely N-dealkylation sites (N-methyl/N-ethyl adjacent to an activating group) is 3. The second-order valence-corrected chi connectivity index (χ2v) is 21.2. The maximum absolute atomic E-state index is 12.1. The van der Waals surface area contributed by atoms with Gasteiger partial charge in [-0.05, 0) is 203 Å². The Kier molecular flexibility index (Phi) is 23.7. The van der Waals surface area contributed by atoms with Crippen molar-refractivity contribution in [3.8, 4) is 17.2 Å². The lowest BCUT2D eigenvalue weighted by molar-refractivity contribution is -0.117. The van der Waals surface area contributed by atoms with Gasteiger partial charge in [-0.2, -0.15) is 0 Å². The van der Waals surface area contributed by atoms with Crippen molar-refractivity contribution in [2.75, 3.05) is 83.2 Å². The Hall–Kier alpha value is -9.15. The van der Waals surface area contributed by atoms with Gasteiger partial charge in [0.05, 0.1) is 21.3 Å². The van der Waals surface area contributed by atoms with Gasteiger partial charge >= 0.3 is 0 Å². The first-order valence-electron chi connectivity index (χ1n) is 28.2. The highest BCUT2D eigenvalue weighted by Crippen LogP contribution is 2.24. The van der Waals surface area contributed by atoms with Crippen LogP contribution in [0.1, 0.15) is 50.1 Å². The molecule has 3 aromatic heterocycles. The fourth-order valence-corrected chi connectivity index (χ4v) is 9.04. The van der Waals surface area contributed by atoms with Crippen LogP contribution in [-0.4, -0.2) is 131 Å². The molecule has 3 amide bonds. The minimum atomic E-state index is -0.113. The number of hydrogen-bond acceptors (Lipinski definition) is 9. The molecule has 0 saturated heterocycles. The van der Waals surface area contributed by atoms with Gasteiger partial charge in [-0.1, -0.05) is 54.6 Å². The lowest BCUT2D eigenvalue weighted by Gasteiger charge is -2.08. The monoisotopic (exact) mass is 1130 g/mol. The first-order valence-corrected chi connectivity index (χ1v) is 28.2. The molecule has 0 aliphatic carbocycles. The van der Waals surface area contributed by atoms with Gasteiger partial charge in [-0.3, -0.25) is 14.4 Å². The van der Waals surface area contributed by atoms with Crippen LogP contribution in [0.15, 0.2) is 164 Å². The van der Waals surface area contributed by atoms with Crippen LogP contribution >= 0.6 is 0 Å². The zero-order valence-electron chi connectivity index (χ0n) is 50.0. The smallest absolute Gasteiger partial charge is 0.244 e. The number of hydrogen-bond donors (Lipinski definition) is 6. The lowest BCUT2D eigenvalue weighted by atomic mass is 10.1. The Morgan fingerprint density at radius 2 is 0.655 bits per heavy atom. The number of fused-ring (bicyclic) bond motifs is 3. The molecule has 9 rings (SSSR count). The van der Waals surface area contributed by atoms with Crippen LogP contribution in [0, 0.1) is 0 Å². The first-order chi connectivity index (χ1) is 40.6. The summed E-state index contributed by atoms with van der Waals surface area (Å²) in [4.78, 5) is 52.9. The van der Waals surface area contributed by atoms with E-state index in [9.17, 15) is 14.4 Å². The summed E-state index contributed by atoms with van der Waals surface area (Å²) in [6.07, 6.45) is 19.5. The number of aromatic amines is 3. The lowest BCUT2D eigenvalue weighted by Crippen LogP contribution is -2.20. The number of carbonyl (C=O) groups excluding carboxylic acids is 3. The number of benzene rings is 6. The highest BCUT2D eigenvalue weighted by atomic mass is 16.5. The van der Waals surface area contributed by atoms with Crippen molar-refractivity contribution < 1.29 is 28.6 Å². The highest BCUT2D eigenvalue weighted by Gasteiger charge is 2.09. The molecule has 84 heavy (non-hydrogen) atoms. The highest BCUT2D eigenvalue weighted by molar-refractivity contribution is 5.95. The van der Waals surface area contributed by atoms with E-state index in [0.29, 0.717) is 19.6 Å². The number of methoxy groups -OCH3 is 3. The number of rotatable bonds is 24. The Bertz CT molecular complexity index is 3250. The van der Waals surface area contributed by atoms with E-state index in [2.05, 4.69) is 143 Å². The summed E-state index contributed by atoms with van der Waals surface area (Å²) in [7, 11) is 17.4. The molecule has 0 aliphatic heterocycles. The molecule has 3 heterocycles. The van der Waals surface area contributed by atoms with E-state index in [1.807, 2.05) is 109 Å². The van der Waals surface area contributed by atoms with Crippen LogP contribution in [0.2, 0.25) is 0 Å². The van der Waals surface area contributed by atoms with E-state index in [0.717, 1.165) is 106 Å². The second kappa shape index (κ2) is 31.9. The van der Waals surface area contributed by atoms with Gasteiger partial charge in [0.25, 0.3) is 0 Å². The van der Waals surface area contributed by atoms with Crippen LogP contribution in [-0.2, 0) is 53.3 Å². The van der Waals surface area contributed by atoms with Gasteiger partial charge in [0.2, 0.25) is 17.7 Å². The minimum absolute atomic E-state index is 0.113. The fraction of sp³-hybridized carbons (Fsp3) is 0.261. The quantitative estimate of drug-likeness (QED) is 0.0322. The summed E-state index contributed by atoms with van der Waals surface area (Å²) < 4.78 is 15.4. The molecule has 15 nitrogen and oxygen atoms in total. The van der Waals surface area contributed by atoms with Gasteiger partial charge in [0.15, 0.2) is 0 Å². The van der Waals surface area contributed by atoms with E-state index in [1.54, 1.807) is 39.6 Å². The predicted octanol–water partition coefficient (Wildman–Crippen LogP) is 10.8. The van der Waals surface area contributed by atoms with Gasteiger partial charge in [0.1, 0.15) is 17.2 Å². The van der Waals surface area contributed by atoms with E-state index >= 15 is 0 Å². The Labute approximate surface area is 494 Å². The zero-order valence-corrected chi connectivity index (χ0v) is 50.0. The van der Waals surface area contributed by atoms with Gasteiger partial charge in [-0.15, -0.1) is 0 Å². The number of ether oxygens (including phenoxy) is 3.